The van der Waals surface area contributed by atoms with E-state index in [0.717, 1.165) is 29.7 Å². The van der Waals surface area contributed by atoms with Crippen LogP contribution in [0.1, 0.15) is 46.1 Å². The van der Waals surface area contributed by atoms with E-state index < -0.39 is 5.60 Å². The van der Waals surface area contributed by atoms with Gasteiger partial charge in [-0.15, -0.1) is 0 Å². The molecule has 1 aliphatic carbocycles. The Bertz CT molecular complexity index is 612. The van der Waals surface area contributed by atoms with Gasteiger partial charge in [-0.1, -0.05) is 12.1 Å². The summed E-state index contributed by atoms with van der Waals surface area (Å²) >= 11 is 0. The van der Waals surface area contributed by atoms with Gasteiger partial charge in [-0.2, -0.15) is 0 Å². The SMILES string of the molecule is CCOc1ccc(/C=C2\C(=O)[C@]3(C)CC[C@H]2C(C)(C)O3)cc1. The summed E-state index contributed by atoms with van der Waals surface area (Å²) in [5, 5.41) is 0. The molecular weight excluding hydrogens is 276 g/mol. The Balaban J connectivity index is 1.94. The summed E-state index contributed by atoms with van der Waals surface area (Å²) < 4.78 is 11.5. The molecule has 2 atom stereocenters. The first kappa shape index (κ1) is 15.3. The van der Waals surface area contributed by atoms with Crippen molar-refractivity contribution in [2.75, 3.05) is 6.61 Å². The fourth-order valence-corrected chi connectivity index (χ4v) is 3.80. The third kappa shape index (κ3) is 2.48. The number of ketones is 1. The number of rotatable bonds is 3. The third-order valence-corrected chi connectivity index (χ3v) is 4.87. The lowest BCUT2D eigenvalue weighted by atomic mass is 9.65. The quantitative estimate of drug-likeness (QED) is 0.791. The molecule has 0 radical (unpaired) electrons. The summed E-state index contributed by atoms with van der Waals surface area (Å²) in [6, 6.07) is 7.91. The van der Waals surface area contributed by atoms with Gasteiger partial charge in [0.15, 0.2) is 5.78 Å². The summed E-state index contributed by atoms with van der Waals surface area (Å²) in [4.78, 5) is 12.8. The largest absolute Gasteiger partial charge is 0.494 e. The van der Waals surface area contributed by atoms with Gasteiger partial charge in [0.25, 0.3) is 0 Å². The predicted octanol–water partition coefficient (Wildman–Crippen LogP) is 4.02. The molecule has 0 amide bonds. The fraction of sp³-hybridized carbons (Fsp3) is 0.526. The Labute approximate surface area is 132 Å². The van der Waals surface area contributed by atoms with E-state index in [-0.39, 0.29) is 17.3 Å². The minimum Gasteiger partial charge on any atom is -0.494 e. The number of Topliss-reactive ketones (excluding diaryl/α,β-unsaturated/α-hetero) is 1. The monoisotopic (exact) mass is 300 g/mol. The number of hydrogen-bond acceptors (Lipinski definition) is 3. The van der Waals surface area contributed by atoms with Crippen LogP contribution in [0.3, 0.4) is 0 Å². The molecule has 2 heterocycles. The summed E-state index contributed by atoms with van der Waals surface area (Å²) in [7, 11) is 0. The maximum atomic E-state index is 12.8. The molecule has 1 aromatic rings. The zero-order valence-corrected chi connectivity index (χ0v) is 13.8. The van der Waals surface area contributed by atoms with E-state index in [9.17, 15) is 4.79 Å². The molecule has 3 fully saturated rings. The van der Waals surface area contributed by atoms with Gasteiger partial charge in [-0.05, 0) is 64.3 Å². The lowest BCUT2D eigenvalue weighted by molar-refractivity contribution is -0.206. The molecule has 4 rings (SSSR count). The lowest BCUT2D eigenvalue weighted by Gasteiger charge is -2.53. The number of ether oxygens (including phenoxy) is 2. The van der Waals surface area contributed by atoms with Crippen molar-refractivity contribution in [3.05, 3.63) is 35.4 Å². The topological polar surface area (TPSA) is 35.5 Å². The molecule has 118 valence electrons. The number of carbonyl (C=O) groups excluding carboxylic acids is 1. The molecule has 0 aromatic heterocycles. The highest BCUT2D eigenvalue weighted by Crippen LogP contribution is 2.50. The average Bonchev–Trinajstić information content (AvgIpc) is 2.45. The van der Waals surface area contributed by atoms with E-state index >= 15 is 0 Å². The van der Waals surface area contributed by atoms with Crippen molar-refractivity contribution < 1.29 is 14.3 Å². The van der Waals surface area contributed by atoms with E-state index in [1.54, 1.807) is 0 Å². The maximum absolute atomic E-state index is 12.8. The predicted molar refractivity (Wildman–Crippen MR) is 86.9 cm³/mol. The van der Waals surface area contributed by atoms with Crippen LogP contribution in [0.15, 0.2) is 29.8 Å². The van der Waals surface area contributed by atoms with Crippen LogP contribution in [0, 0.1) is 5.92 Å². The second kappa shape index (κ2) is 5.24. The molecule has 0 N–H and O–H groups in total. The van der Waals surface area contributed by atoms with Crippen molar-refractivity contribution in [2.45, 2.75) is 51.7 Å². The van der Waals surface area contributed by atoms with Crippen LogP contribution in [0.25, 0.3) is 6.08 Å². The summed E-state index contributed by atoms with van der Waals surface area (Å²) in [5.41, 5.74) is 1.01. The molecule has 2 saturated heterocycles. The molecule has 3 nitrogen and oxygen atoms in total. The molecule has 0 spiro atoms. The first-order valence-electron chi connectivity index (χ1n) is 8.05. The number of carbonyl (C=O) groups is 1. The third-order valence-electron chi connectivity index (χ3n) is 4.87. The van der Waals surface area contributed by atoms with Crippen LogP contribution in [0.4, 0.5) is 0 Å². The lowest BCUT2D eigenvalue weighted by Crippen LogP contribution is -2.60. The van der Waals surface area contributed by atoms with Crippen molar-refractivity contribution >= 4 is 11.9 Å². The van der Waals surface area contributed by atoms with Crippen molar-refractivity contribution in [1.82, 2.24) is 0 Å². The Morgan fingerprint density at radius 1 is 1.27 bits per heavy atom. The van der Waals surface area contributed by atoms with Crippen molar-refractivity contribution in [3.8, 4) is 5.75 Å². The highest BCUT2D eigenvalue weighted by atomic mass is 16.5. The molecule has 2 aliphatic heterocycles. The molecule has 1 aromatic carbocycles. The molecule has 3 aliphatic rings. The smallest absolute Gasteiger partial charge is 0.190 e. The molecular formula is C19H24O3. The summed E-state index contributed by atoms with van der Waals surface area (Å²) in [5.74, 6) is 1.18. The van der Waals surface area contributed by atoms with Crippen molar-refractivity contribution in [3.63, 3.8) is 0 Å². The van der Waals surface area contributed by atoms with E-state index in [0.29, 0.717) is 6.61 Å². The minimum atomic E-state index is -0.657. The Morgan fingerprint density at radius 2 is 1.95 bits per heavy atom. The molecule has 3 heteroatoms. The minimum absolute atomic E-state index is 0.150. The van der Waals surface area contributed by atoms with Crippen LogP contribution in [0.5, 0.6) is 5.75 Å². The maximum Gasteiger partial charge on any atom is 0.190 e. The average molecular weight is 300 g/mol. The van der Waals surface area contributed by atoms with E-state index in [1.807, 2.05) is 44.2 Å². The van der Waals surface area contributed by atoms with Gasteiger partial charge in [-0.25, -0.2) is 0 Å². The Hall–Kier alpha value is -1.61. The van der Waals surface area contributed by atoms with Gasteiger partial charge in [0.2, 0.25) is 0 Å². The van der Waals surface area contributed by atoms with Crippen molar-refractivity contribution in [1.29, 1.82) is 0 Å². The van der Waals surface area contributed by atoms with Gasteiger partial charge >= 0.3 is 0 Å². The molecule has 0 unspecified atom stereocenters. The second-order valence-electron chi connectivity index (χ2n) is 6.96. The first-order valence-corrected chi connectivity index (χ1v) is 8.05. The molecule has 1 saturated carbocycles. The van der Waals surface area contributed by atoms with Crippen LogP contribution in [-0.2, 0) is 9.53 Å². The Morgan fingerprint density at radius 3 is 2.55 bits per heavy atom. The van der Waals surface area contributed by atoms with E-state index in [1.165, 1.54) is 0 Å². The summed E-state index contributed by atoms with van der Waals surface area (Å²) in [6.07, 6.45) is 3.86. The number of benzene rings is 1. The summed E-state index contributed by atoms with van der Waals surface area (Å²) in [6.45, 7) is 8.74. The van der Waals surface area contributed by atoms with E-state index in [2.05, 4.69) is 13.8 Å². The van der Waals surface area contributed by atoms with Crippen LogP contribution >= 0.6 is 0 Å². The zero-order valence-electron chi connectivity index (χ0n) is 13.8. The number of fused-ring (bicyclic) bond motifs is 3. The zero-order chi connectivity index (χ0) is 16.0. The standard InChI is InChI=1S/C19H24O3/c1-5-21-14-8-6-13(7-9-14)12-15-16-10-11-19(4,17(15)20)22-18(16,2)3/h6-9,12,16H,5,10-11H2,1-4H3/b15-12-/t16-,19+/m1/s1. The van der Waals surface area contributed by atoms with E-state index in [4.69, 9.17) is 9.47 Å². The highest BCUT2D eigenvalue weighted by Gasteiger charge is 2.56. The van der Waals surface area contributed by atoms with Gasteiger partial charge in [0, 0.05) is 11.5 Å². The Kier molecular flexibility index (Phi) is 3.64. The van der Waals surface area contributed by atoms with Gasteiger partial charge < -0.3 is 9.47 Å². The first-order chi connectivity index (χ1) is 10.4. The van der Waals surface area contributed by atoms with Crippen LogP contribution in [0.2, 0.25) is 0 Å². The second-order valence-corrected chi connectivity index (χ2v) is 6.96. The van der Waals surface area contributed by atoms with Gasteiger partial charge in [-0.3, -0.25) is 4.79 Å². The highest BCUT2D eigenvalue weighted by molar-refractivity contribution is 6.07. The number of hydrogen-bond donors (Lipinski definition) is 0. The van der Waals surface area contributed by atoms with Crippen molar-refractivity contribution in [2.24, 2.45) is 5.92 Å². The van der Waals surface area contributed by atoms with Gasteiger partial charge in [0.05, 0.1) is 12.2 Å². The molecule has 2 bridgehead atoms. The van der Waals surface area contributed by atoms with Crippen LogP contribution < -0.4 is 4.74 Å². The normalized spacial score (nSPS) is 31.5. The van der Waals surface area contributed by atoms with Gasteiger partial charge in [0.1, 0.15) is 11.4 Å². The fourth-order valence-electron chi connectivity index (χ4n) is 3.80. The molecule has 22 heavy (non-hydrogen) atoms. The van der Waals surface area contributed by atoms with Crippen LogP contribution in [-0.4, -0.2) is 23.6 Å².